The van der Waals surface area contributed by atoms with Crippen molar-refractivity contribution in [3.63, 3.8) is 0 Å². The lowest BCUT2D eigenvalue weighted by atomic mass is 9.35. The molecule has 3 unspecified atom stereocenters. The Hall–Kier alpha value is -0.940. The molecule has 0 aromatic rings. The maximum Gasteiger partial charge on any atom is 0.187 e. The van der Waals surface area contributed by atoms with E-state index >= 15 is 0 Å². The highest BCUT2D eigenvalue weighted by atomic mass is 16.7. The van der Waals surface area contributed by atoms with Crippen molar-refractivity contribution < 1.29 is 84.6 Å². The normalized spacial score (nSPS) is 52.3. The van der Waals surface area contributed by atoms with E-state index in [9.17, 15) is 56.2 Å². The van der Waals surface area contributed by atoms with E-state index in [4.69, 9.17) is 28.4 Å². The number of rotatable bonds is 13. The van der Waals surface area contributed by atoms with Crippen LogP contribution in [0.1, 0.15) is 113 Å². The monoisotopic (exact) mass is 917 g/mol. The Morgan fingerprint density at radius 2 is 1.19 bits per heavy atom. The van der Waals surface area contributed by atoms with E-state index in [1.807, 2.05) is 20.8 Å². The number of allylic oxidation sites excluding steroid dienone is 2. The molecule has 0 aromatic heterocycles. The van der Waals surface area contributed by atoms with Crippen LogP contribution in [0.25, 0.3) is 0 Å². The van der Waals surface area contributed by atoms with Crippen LogP contribution in [0, 0.1) is 45.3 Å². The number of hydrogen-bond donors (Lipinski definition) is 11. The lowest BCUT2D eigenvalue weighted by Gasteiger charge is -2.71. The van der Waals surface area contributed by atoms with Gasteiger partial charge in [-0.15, -0.1) is 0 Å². The summed E-state index contributed by atoms with van der Waals surface area (Å²) in [5.41, 5.74) is -0.947. The third kappa shape index (κ3) is 8.49. The van der Waals surface area contributed by atoms with Crippen molar-refractivity contribution >= 4 is 0 Å². The predicted octanol–water partition coefficient (Wildman–Crippen LogP) is 0.612. The van der Waals surface area contributed by atoms with Crippen molar-refractivity contribution in [1.29, 1.82) is 0 Å². The number of fused-ring (bicyclic) bond motifs is 5. The molecule has 0 aromatic carbocycles. The maximum atomic E-state index is 12.7. The third-order valence-electron chi connectivity index (χ3n) is 18.4. The van der Waals surface area contributed by atoms with Gasteiger partial charge in [-0.25, -0.2) is 0 Å². The molecule has 3 heterocycles. The molecule has 7 rings (SSSR count). The van der Waals surface area contributed by atoms with E-state index in [-0.39, 0.29) is 46.0 Å². The highest BCUT2D eigenvalue weighted by molar-refractivity contribution is 5.20. The van der Waals surface area contributed by atoms with E-state index in [1.165, 1.54) is 0 Å². The second-order valence-corrected chi connectivity index (χ2v) is 22.4. The van der Waals surface area contributed by atoms with Crippen LogP contribution in [0.5, 0.6) is 0 Å². The molecule has 24 atom stereocenters. The van der Waals surface area contributed by atoms with Gasteiger partial charge in [-0.3, -0.25) is 0 Å². The van der Waals surface area contributed by atoms with Crippen LogP contribution < -0.4 is 0 Å². The minimum absolute atomic E-state index is 0.149. The minimum atomic E-state index is -1.67. The van der Waals surface area contributed by atoms with Gasteiger partial charge in [-0.05, 0) is 124 Å². The lowest BCUT2D eigenvalue weighted by molar-refractivity contribution is -0.342. The standard InChI is InChI=1S/C47H80O17/c1-22(2)10-9-14-47(8,64-42-39(58)36(55)34(53)27(62-42)21-59-40-37(56)33(52)26(20-49)60-40)23-11-16-46(7)31(23)24(50)18-29-44(5)15-13-30(43(3,4)28(44)12-17-45(29,46)6)63-41-38(57)35(54)32(51)25(19-48)61-41/h10,23-42,48-58H,9,11-21H2,1-8H3/t23?,24-,25-,26-,27-,28+,29?,30+,31?,32-,33-,34-,35+,36+,37+,38-,39-,40+,41+,42+,44+,45-,46-,47-/m1/s1. The summed E-state index contributed by atoms with van der Waals surface area (Å²) >= 11 is 0. The van der Waals surface area contributed by atoms with Gasteiger partial charge in [0.1, 0.15) is 67.1 Å². The Bertz CT molecular complexity index is 1630. The molecule has 0 amide bonds. The summed E-state index contributed by atoms with van der Waals surface area (Å²) < 4.78 is 36.6. The molecule has 370 valence electrons. The van der Waals surface area contributed by atoms with Gasteiger partial charge >= 0.3 is 0 Å². The van der Waals surface area contributed by atoms with E-state index in [1.54, 1.807) is 0 Å². The highest BCUT2D eigenvalue weighted by Crippen LogP contribution is 2.76. The maximum absolute atomic E-state index is 12.7. The minimum Gasteiger partial charge on any atom is -0.394 e. The molecule has 0 bridgehead atoms. The van der Waals surface area contributed by atoms with Gasteiger partial charge in [-0.1, -0.05) is 46.3 Å². The van der Waals surface area contributed by atoms with Crippen molar-refractivity contribution in [1.82, 2.24) is 0 Å². The molecule has 3 saturated heterocycles. The van der Waals surface area contributed by atoms with E-state index in [0.29, 0.717) is 25.7 Å². The Morgan fingerprint density at radius 3 is 1.81 bits per heavy atom. The average Bonchev–Trinajstić information content (AvgIpc) is 3.76. The zero-order valence-corrected chi connectivity index (χ0v) is 39.0. The first-order valence-corrected chi connectivity index (χ1v) is 23.8. The van der Waals surface area contributed by atoms with Gasteiger partial charge in [0.05, 0.1) is 37.6 Å². The molecule has 0 radical (unpaired) electrons. The molecule has 7 aliphatic rings. The molecule has 64 heavy (non-hydrogen) atoms. The van der Waals surface area contributed by atoms with Crippen LogP contribution in [-0.2, 0) is 28.4 Å². The molecule has 0 spiro atoms. The Labute approximate surface area is 377 Å². The van der Waals surface area contributed by atoms with Gasteiger partial charge in [0.2, 0.25) is 0 Å². The summed E-state index contributed by atoms with van der Waals surface area (Å²) in [5.74, 6) is -0.0472. The first-order valence-electron chi connectivity index (χ1n) is 23.8. The molecular weight excluding hydrogens is 836 g/mol. The smallest absolute Gasteiger partial charge is 0.187 e. The van der Waals surface area contributed by atoms with Gasteiger partial charge in [-0.2, -0.15) is 0 Å². The zero-order chi connectivity index (χ0) is 47.1. The van der Waals surface area contributed by atoms with Gasteiger partial charge in [0.15, 0.2) is 18.9 Å². The van der Waals surface area contributed by atoms with Crippen LogP contribution >= 0.6 is 0 Å². The summed E-state index contributed by atoms with van der Waals surface area (Å²) in [5, 5.41) is 118. The lowest BCUT2D eigenvalue weighted by Crippen LogP contribution is -2.67. The van der Waals surface area contributed by atoms with Crippen LogP contribution in [0.4, 0.5) is 0 Å². The van der Waals surface area contributed by atoms with Gasteiger partial charge < -0.3 is 84.6 Å². The predicted molar refractivity (Wildman–Crippen MR) is 228 cm³/mol. The van der Waals surface area contributed by atoms with Crippen molar-refractivity contribution in [3.8, 4) is 0 Å². The second-order valence-electron chi connectivity index (χ2n) is 22.4. The van der Waals surface area contributed by atoms with Crippen LogP contribution in [0.3, 0.4) is 0 Å². The van der Waals surface area contributed by atoms with Gasteiger partial charge in [0.25, 0.3) is 0 Å². The first-order chi connectivity index (χ1) is 29.9. The van der Waals surface area contributed by atoms with Gasteiger partial charge in [0, 0.05) is 0 Å². The molecule has 7 fully saturated rings. The molecule has 4 aliphatic carbocycles. The van der Waals surface area contributed by atoms with Crippen LogP contribution in [0.15, 0.2) is 11.6 Å². The van der Waals surface area contributed by atoms with Crippen molar-refractivity contribution in [2.75, 3.05) is 19.8 Å². The van der Waals surface area contributed by atoms with Crippen molar-refractivity contribution in [2.24, 2.45) is 45.3 Å². The molecule has 17 nitrogen and oxygen atoms in total. The zero-order valence-electron chi connectivity index (χ0n) is 39.0. The summed E-state index contributed by atoms with van der Waals surface area (Å²) in [7, 11) is 0. The molecule has 11 N–H and O–H groups in total. The summed E-state index contributed by atoms with van der Waals surface area (Å²) in [4.78, 5) is 0. The Kier molecular flexibility index (Phi) is 14.9. The summed E-state index contributed by atoms with van der Waals surface area (Å²) in [6, 6.07) is 0. The fourth-order valence-electron chi connectivity index (χ4n) is 14.6. The highest BCUT2D eigenvalue weighted by Gasteiger charge is 2.72. The number of ether oxygens (including phenoxy) is 6. The SMILES string of the molecule is CC(C)=CCC[C@@](C)(O[C@@H]1O[C@H](CO[C@H]2O[C@H](CO)[C@@H](O)[C@@H]2O)[C@@H](O)[C@H](O)[C@H]1O)C1CC[C@]2(C)C1[C@H](O)CC1[C@@]3(C)CC[C@H](O[C@@H]4O[C@H](CO)[C@@H](O)[C@H](O)[C@H]4O)C(C)(C)[C@@H]3CC[C@]12C. The third-order valence-corrected chi connectivity index (χ3v) is 18.4. The van der Waals surface area contributed by atoms with E-state index in [2.05, 4.69) is 40.7 Å². The fourth-order valence-corrected chi connectivity index (χ4v) is 14.6. The van der Waals surface area contributed by atoms with E-state index in [0.717, 1.165) is 37.7 Å². The quantitative estimate of drug-likeness (QED) is 0.0892. The topological polar surface area (TPSA) is 278 Å². The summed E-state index contributed by atoms with van der Waals surface area (Å²) in [6.45, 7) is 16.1. The Morgan fingerprint density at radius 1 is 0.641 bits per heavy atom. The van der Waals surface area contributed by atoms with E-state index < -0.39 is 123 Å². The summed E-state index contributed by atoms with van der Waals surface area (Å²) in [6.07, 6.45) is -11.9. The molecule has 3 aliphatic heterocycles. The van der Waals surface area contributed by atoms with Crippen molar-refractivity contribution in [2.45, 2.75) is 217 Å². The van der Waals surface area contributed by atoms with Crippen LogP contribution in [-0.4, -0.2) is 180 Å². The average molecular weight is 917 g/mol. The first kappa shape index (κ1) is 50.9. The molecular formula is C47H80O17. The fraction of sp³-hybridized carbons (Fsp3) is 0.957. The largest absolute Gasteiger partial charge is 0.394 e. The Balaban J connectivity index is 1.11. The number of hydrogen-bond acceptors (Lipinski definition) is 17. The van der Waals surface area contributed by atoms with Crippen LogP contribution in [0.2, 0.25) is 0 Å². The second kappa shape index (κ2) is 18.8. The molecule has 17 heteroatoms. The number of aliphatic hydroxyl groups is 11. The van der Waals surface area contributed by atoms with Crippen molar-refractivity contribution in [3.05, 3.63) is 11.6 Å². The molecule has 4 saturated carbocycles. The number of aliphatic hydroxyl groups excluding tert-OH is 11.